The Labute approximate surface area is 151 Å². The highest BCUT2D eigenvalue weighted by Gasteiger charge is 2.20. The maximum Gasteiger partial charge on any atom is 0.408 e. The Morgan fingerprint density at radius 2 is 1.84 bits per heavy atom. The van der Waals surface area contributed by atoms with Crippen molar-refractivity contribution in [2.24, 2.45) is 4.99 Å². The minimum Gasteiger partial charge on any atom is -0.444 e. The van der Waals surface area contributed by atoms with E-state index in [0.717, 1.165) is 12.0 Å². The van der Waals surface area contributed by atoms with Crippen molar-refractivity contribution < 1.29 is 9.53 Å². The molecule has 0 aliphatic carbocycles. The lowest BCUT2D eigenvalue weighted by Crippen LogP contribution is -2.46. The van der Waals surface area contributed by atoms with Crippen LogP contribution >= 0.6 is 0 Å². The van der Waals surface area contributed by atoms with E-state index in [4.69, 9.17) is 4.74 Å². The number of aliphatic imine (C=N–C) groups is 1. The number of amides is 1. The maximum absolute atomic E-state index is 12.2. The summed E-state index contributed by atoms with van der Waals surface area (Å²) in [6.07, 6.45) is 0.562. The summed E-state index contributed by atoms with van der Waals surface area (Å²) < 4.78 is 5.38. The second-order valence-corrected chi connectivity index (χ2v) is 7.02. The van der Waals surface area contributed by atoms with Gasteiger partial charge in [-0.25, -0.2) is 4.79 Å². The number of nitrogens with one attached hydrogen (secondary N) is 3. The molecule has 1 aromatic carbocycles. The zero-order valence-electron chi connectivity index (χ0n) is 16.2. The molecule has 0 bridgehead atoms. The summed E-state index contributed by atoms with van der Waals surface area (Å²) in [4.78, 5) is 16.4. The Kier molecular flexibility index (Phi) is 8.25. The van der Waals surface area contributed by atoms with Gasteiger partial charge in [0.05, 0.1) is 6.04 Å². The molecule has 0 aromatic heterocycles. The normalized spacial score (nSPS) is 14.4. The molecule has 0 aliphatic rings. The fourth-order valence-corrected chi connectivity index (χ4v) is 2.12. The van der Waals surface area contributed by atoms with Gasteiger partial charge in [-0.2, -0.15) is 0 Å². The molecule has 0 saturated carbocycles. The fraction of sp³-hybridized carbons (Fsp3) is 0.579. The summed E-state index contributed by atoms with van der Waals surface area (Å²) in [5.74, 6) is 0.710. The first-order valence-corrected chi connectivity index (χ1v) is 8.76. The molecule has 0 fully saturated rings. The Balaban J connectivity index is 2.77. The number of carbonyl (C=O) groups is 1. The van der Waals surface area contributed by atoms with Crippen LogP contribution in [0.25, 0.3) is 0 Å². The topological polar surface area (TPSA) is 74.8 Å². The third kappa shape index (κ3) is 8.42. The molecule has 0 spiro atoms. The van der Waals surface area contributed by atoms with E-state index >= 15 is 0 Å². The van der Waals surface area contributed by atoms with E-state index in [9.17, 15) is 4.79 Å². The van der Waals surface area contributed by atoms with Crippen molar-refractivity contribution in [1.29, 1.82) is 0 Å². The number of guanidine groups is 1. The molecule has 6 heteroatoms. The molecule has 6 nitrogen and oxygen atoms in total. The van der Waals surface area contributed by atoms with Gasteiger partial charge in [0, 0.05) is 19.6 Å². The zero-order valence-corrected chi connectivity index (χ0v) is 16.2. The Morgan fingerprint density at radius 1 is 1.20 bits per heavy atom. The lowest BCUT2D eigenvalue weighted by atomic mass is 10.1. The van der Waals surface area contributed by atoms with E-state index in [2.05, 4.69) is 34.8 Å². The fourth-order valence-electron chi connectivity index (χ4n) is 2.12. The van der Waals surface area contributed by atoms with E-state index in [1.807, 2.05) is 51.1 Å². The third-order valence-electron chi connectivity index (χ3n) is 3.59. The predicted octanol–water partition coefficient (Wildman–Crippen LogP) is 3.22. The molecule has 1 aromatic rings. The largest absolute Gasteiger partial charge is 0.444 e. The first-order valence-electron chi connectivity index (χ1n) is 8.76. The smallest absolute Gasteiger partial charge is 0.408 e. The van der Waals surface area contributed by atoms with Crippen LogP contribution in [0.4, 0.5) is 4.79 Å². The number of ether oxygens (including phenoxy) is 1. The van der Waals surface area contributed by atoms with Gasteiger partial charge in [0.1, 0.15) is 5.60 Å². The lowest BCUT2D eigenvalue weighted by molar-refractivity contribution is 0.0504. The maximum atomic E-state index is 12.2. The Hall–Kier alpha value is -2.24. The van der Waals surface area contributed by atoms with Crippen LogP contribution in [0.3, 0.4) is 0 Å². The van der Waals surface area contributed by atoms with Crippen LogP contribution in [0.2, 0.25) is 0 Å². The van der Waals surface area contributed by atoms with Crippen molar-refractivity contribution in [1.82, 2.24) is 16.0 Å². The van der Waals surface area contributed by atoms with Crippen LogP contribution in [-0.2, 0) is 4.74 Å². The van der Waals surface area contributed by atoms with Crippen LogP contribution in [0, 0.1) is 0 Å². The van der Waals surface area contributed by atoms with Crippen molar-refractivity contribution in [3.63, 3.8) is 0 Å². The Morgan fingerprint density at radius 3 is 2.36 bits per heavy atom. The summed E-state index contributed by atoms with van der Waals surface area (Å²) in [5.41, 5.74) is 0.465. The van der Waals surface area contributed by atoms with Gasteiger partial charge < -0.3 is 20.7 Å². The van der Waals surface area contributed by atoms with Crippen molar-refractivity contribution in [3.05, 3.63) is 35.9 Å². The summed E-state index contributed by atoms with van der Waals surface area (Å²) in [7, 11) is 1.73. The van der Waals surface area contributed by atoms with Gasteiger partial charge >= 0.3 is 6.09 Å². The van der Waals surface area contributed by atoms with Gasteiger partial charge in [-0.1, -0.05) is 37.3 Å². The highest BCUT2D eigenvalue weighted by Crippen LogP contribution is 2.14. The molecule has 0 aliphatic heterocycles. The molecule has 0 heterocycles. The van der Waals surface area contributed by atoms with Crippen molar-refractivity contribution in [3.8, 4) is 0 Å². The summed E-state index contributed by atoms with van der Waals surface area (Å²) in [6, 6.07) is 9.90. The van der Waals surface area contributed by atoms with E-state index < -0.39 is 11.7 Å². The summed E-state index contributed by atoms with van der Waals surface area (Å²) in [5, 5.41) is 9.51. The van der Waals surface area contributed by atoms with Crippen LogP contribution in [0.5, 0.6) is 0 Å². The van der Waals surface area contributed by atoms with Gasteiger partial charge in [-0.05, 0) is 39.7 Å². The molecule has 1 amide bonds. The van der Waals surface area contributed by atoms with Crippen LogP contribution in [0.15, 0.2) is 35.3 Å². The molecule has 2 atom stereocenters. The molecule has 25 heavy (non-hydrogen) atoms. The minimum atomic E-state index is -0.535. The van der Waals surface area contributed by atoms with E-state index in [0.29, 0.717) is 18.5 Å². The molecule has 140 valence electrons. The number of alkyl carbamates (subject to hydrolysis) is 1. The van der Waals surface area contributed by atoms with E-state index in [1.54, 1.807) is 7.05 Å². The van der Waals surface area contributed by atoms with Gasteiger partial charge in [0.15, 0.2) is 5.96 Å². The van der Waals surface area contributed by atoms with Crippen LogP contribution in [0.1, 0.15) is 52.6 Å². The van der Waals surface area contributed by atoms with Crippen molar-refractivity contribution >= 4 is 12.1 Å². The molecular weight excluding hydrogens is 316 g/mol. The first-order chi connectivity index (χ1) is 11.7. The average Bonchev–Trinajstić information content (AvgIpc) is 2.56. The number of carbonyl (C=O) groups excluding carboxylic acids is 1. The third-order valence-corrected chi connectivity index (χ3v) is 3.59. The van der Waals surface area contributed by atoms with Gasteiger partial charge in [-0.15, -0.1) is 0 Å². The molecule has 0 radical (unpaired) electrons. The standard InChI is InChI=1S/C19H32N4O2/c1-7-14(2)22-17(20-6)21-13-16(15-11-9-8-10-12-15)23-18(24)25-19(3,4)5/h8-12,14,16H,7,13H2,1-6H3,(H,23,24)(H2,20,21,22). The Bertz CT molecular complexity index is 552. The number of hydrogen-bond donors (Lipinski definition) is 3. The first kappa shape index (κ1) is 20.8. The summed E-state index contributed by atoms with van der Waals surface area (Å²) >= 11 is 0. The van der Waals surface area contributed by atoms with Gasteiger partial charge in [0.25, 0.3) is 0 Å². The number of nitrogens with zero attached hydrogens (tertiary/aromatic N) is 1. The van der Waals surface area contributed by atoms with E-state index in [1.165, 1.54) is 0 Å². The zero-order chi connectivity index (χ0) is 18.9. The predicted molar refractivity (Wildman–Crippen MR) is 103 cm³/mol. The summed E-state index contributed by atoms with van der Waals surface area (Å²) in [6.45, 7) is 10.3. The van der Waals surface area contributed by atoms with Crippen LogP contribution < -0.4 is 16.0 Å². The second-order valence-electron chi connectivity index (χ2n) is 7.02. The SMILES string of the molecule is CCC(C)NC(=NC)NCC(NC(=O)OC(C)(C)C)c1ccccc1. The molecule has 0 saturated heterocycles. The molecule has 2 unspecified atom stereocenters. The monoisotopic (exact) mass is 348 g/mol. The number of rotatable bonds is 6. The molecule has 3 N–H and O–H groups in total. The molecular formula is C19H32N4O2. The quantitative estimate of drug-likeness (QED) is 0.545. The second kappa shape index (κ2) is 9.91. The van der Waals surface area contributed by atoms with Crippen molar-refractivity contribution in [2.45, 2.75) is 58.7 Å². The highest BCUT2D eigenvalue weighted by molar-refractivity contribution is 5.80. The van der Waals surface area contributed by atoms with E-state index in [-0.39, 0.29) is 6.04 Å². The number of benzene rings is 1. The average molecular weight is 348 g/mol. The van der Waals surface area contributed by atoms with Crippen molar-refractivity contribution in [2.75, 3.05) is 13.6 Å². The number of hydrogen-bond acceptors (Lipinski definition) is 3. The van der Waals surface area contributed by atoms with Gasteiger partial charge in [-0.3, -0.25) is 4.99 Å². The molecule has 1 rings (SSSR count). The van der Waals surface area contributed by atoms with Crippen LogP contribution in [-0.4, -0.2) is 37.3 Å². The lowest BCUT2D eigenvalue weighted by Gasteiger charge is -2.25. The highest BCUT2D eigenvalue weighted by atomic mass is 16.6. The van der Waals surface area contributed by atoms with Gasteiger partial charge in [0.2, 0.25) is 0 Å². The minimum absolute atomic E-state index is 0.230.